The van der Waals surface area contributed by atoms with Crippen molar-refractivity contribution in [3.8, 4) is 0 Å². The number of hydrogen-bond acceptors (Lipinski definition) is 5. The summed E-state index contributed by atoms with van der Waals surface area (Å²) in [6.45, 7) is 0. The predicted molar refractivity (Wildman–Crippen MR) is 20.2 cm³/mol. The van der Waals surface area contributed by atoms with Gasteiger partial charge in [0, 0.05) is 0 Å². The quantitative estimate of drug-likeness (QED) is 0.312. The van der Waals surface area contributed by atoms with Crippen molar-refractivity contribution < 1.29 is 46.9 Å². The first kappa shape index (κ1) is 16.3. The maximum Gasteiger partial charge on any atom is 2.00 e. The van der Waals surface area contributed by atoms with E-state index < -0.39 is 11.1 Å². The van der Waals surface area contributed by atoms with E-state index in [9.17, 15) is 0 Å². The van der Waals surface area contributed by atoms with Gasteiger partial charge in [-0.1, -0.05) is 0 Å². The van der Waals surface area contributed by atoms with E-state index in [2.05, 4.69) is 15.5 Å². The zero-order valence-corrected chi connectivity index (χ0v) is 6.30. The molecule has 0 bridgehead atoms. The summed E-state index contributed by atoms with van der Waals surface area (Å²) in [6.07, 6.45) is 0. The van der Waals surface area contributed by atoms with E-state index >= 15 is 0 Å². The summed E-state index contributed by atoms with van der Waals surface area (Å²) in [7, 11) is 0. The molecule has 0 aliphatic heterocycles. The number of carboxylic acid groups (broad SMARTS) is 1. The zero-order chi connectivity index (χ0) is 7.86. The van der Waals surface area contributed by atoms with Crippen LogP contribution in [0.2, 0.25) is 5.39 Å². The maximum atomic E-state index is 9.16. The molecule has 0 spiro atoms. The molecule has 0 radical (unpaired) electrons. The molecule has 0 saturated heterocycles. The second-order valence-corrected chi connectivity index (χ2v) is 1.06. The first-order chi connectivity index (χ1) is 4.00. The molecule has 8 heteroatoms. The molecular weight excluding hydrogens is 235 g/mol. The Morgan fingerprint density at radius 2 is 1.60 bits per heavy atom. The molecule has 0 rings (SSSR count). The van der Waals surface area contributed by atoms with E-state index in [-0.39, 0.29) is 21.9 Å². The molecular formula is C2H2NNi2O5. The van der Waals surface area contributed by atoms with Gasteiger partial charge in [0.2, 0.25) is 0 Å². The molecule has 0 aliphatic carbocycles. The Hall–Kier alpha value is -0.343. The van der Waals surface area contributed by atoms with Gasteiger partial charge in [-0.3, -0.25) is 0 Å². The summed E-state index contributed by atoms with van der Waals surface area (Å²) in [4.78, 5) is 17.4. The molecule has 0 unspecified atom stereocenters. The monoisotopic (exact) mass is 236 g/mol. The molecule has 0 aromatic carbocycles. The topological polar surface area (TPSA) is 106 Å². The zero-order valence-electron chi connectivity index (χ0n) is 4.33. The molecule has 0 fully saturated rings. The van der Waals surface area contributed by atoms with Crippen LogP contribution in [0.5, 0.6) is 0 Å². The van der Waals surface area contributed by atoms with Gasteiger partial charge in [-0.25, -0.2) is 0 Å². The van der Waals surface area contributed by atoms with Crippen LogP contribution in [0.1, 0.15) is 0 Å². The number of hydrogen-bond donors (Lipinski definition) is 0. The van der Waals surface area contributed by atoms with Crippen molar-refractivity contribution >= 4 is 5.97 Å². The second-order valence-electron chi connectivity index (χ2n) is 0.707. The van der Waals surface area contributed by atoms with Crippen LogP contribution < -0.4 is 5.11 Å². The standard InChI is InChI=1S/C2H3O2.NO3.2Ni/c1-2(3)4;2-1(3)4;;/h1H2,(H,3,4);;;/q;-1;;+2/p-1. The van der Waals surface area contributed by atoms with Gasteiger partial charge in [-0.05, 0) is 0 Å². The van der Waals surface area contributed by atoms with Crippen LogP contribution in [0.15, 0.2) is 0 Å². The third-order valence-electron chi connectivity index (χ3n) is 0.0913. The number of carboxylic acids is 1. The van der Waals surface area contributed by atoms with Crippen molar-refractivity contribution in [2.24, 2.45) is 0 Å². The van der Waals surface area contributed by atoms with Crippen LogP contribution in [0.4, 0.5) is 0 Å². The minimum absolute atomic E-state index is 0. The van der Waals surface area contributed by atoms with Crippen molar-refractivity contribution in [3.05, 3.63) is 15.3 Å². The average molecular weight is 237 g/mol. The van der Waals surface area contributed by atoms with Gasteiger partial charge in [-0.2, -0.15) is 0 Å². The molecule has 0 heterocycles. The molecule has 0 aromatic heterocycles. The maximum absolute atomic E-state index is 9.16. The largest absolute Gasteiger partial charge is 2.00 e. The van der Waals surface area contributed by atoms with Crippen molar-refractivity contribution in [1.29, 1.82) is 0 Å². The summed E-state index contributed by atoms with van der Waals surface area (Å²) in [5.74, 6) is -1.16. The summed E-state index contributed by atoms with van der Waals surface area (Å²) >= 11 is 3.77. The van der Waals surface area contributed by atoms with Crippen LogP contribution in [-0.4, -0.2) is 11.1 Å². The van der Waals surface area contributed by atoms with Gasteiger partial charge >= 0.3 is 53.2 Å². The smallest absolute Gasteiger partial charge is 0.356 e. The van der Waals surface area contributed by atoms with E-state index in [1.165, 1.54) is 0 Å². The number of rotatable bonds is 1. The minimum Gasteiger partial charge on any atom is -0.356 e. The fourth-order valence-corrected chi connectivity index (χ4v) is 0. The second kappa shape index (κ2) is 11.5. The van der Waals surface area contributed by atoms with Crippen molar-refractivity contribution in [3.63, 3.8) is 0 Å². The number of nitrogens with zero attached hydrogens (tertiary/aromatic N) is 1. The van der Waals surface area contributed by atoms with Crippen LogP contribution >= 0.6 is 0 Å². The van der Waals surface area contributed by atoms with Crippen LogP contribution in [-0.2, 0) is 36.8 Å². The predicted octanol–water partition coefficient (Wildman–Crippen LogP) is -1.54. The molecule has 10 heavy (non-hydrogen) atoms. The number of carbonyl (C=O) groups is 1. The minimum atomic E-state index is -1.75. The van der Waals surface area contributed by atoms with Gasteiger partial charge in [0.15, 0.2) is 0 Å². The number of aliphatic carboxylic acids is 1. The molecule has 0 amide bonds. The average Bonchev–Trinajstić information content (AvgIpc) is 1.65. The van der Waals surface area contributed by atoms with Gasteiger partial charge < -0.3 is 15.3 Å². The van der Waals surface area contributed by atoms with E-state index in [4.69, 9.17) is 25.2 Å². The summed E-state index contributed by atoms with van der Waals surface area (Å²) in [6, 6.07) is 0. The van der Waals surface area contributed by atoms with Crippen LogP contribution in [0.3, 0.4) is 0 Å². The fourth-order valence-electron chi connectivity index (χ4n) is 0. The van der Waals surface area contributed by atoms with Crippen LogP contribution in [0.25, 0.3) is 0 Å². The third kappa shape index (κ3) is 124. The molecule has 0 atom stereocenters. The van der Waals surface area contributed by atoms with Crippen molar-refractivity contribution in [2.45, 2.75) is 5.39 Å². The Kier molecular flexibility index (Phi) is 18.7. The number of carbonyl (C=O) groups excluding carboxylic acids is 1. The van der Waals surface area contributed by atoms with Gasteiger partial charge in [0.05, 0.1) is 5.09 Å². The van der Waals surface area contributed by atoms with E-state index in [1.54, 1.807) is 0 Å². The van der Waals surface area contributed by atoms with E-state index in [0.717, 1.165) is 0 Å². The Morgan fingerprint density at radius 1 is 1.50 bits per heavy atom. The fraction of sp³-hybridized carbons (Fsp3) is 0.500. The first-order valence-electron chi connectivity index (χ1n) is 1.53. The Morgan fingerprint density at radius 3 is 1.60 bits per heavy atom. The molecule has 65 valence electrons. The molecule has 0 saturated carbocycles. The Bertz CT molecular complexity index is 102. The summed E-state index contributed by atoms with van der Waals surface area (Å²) in [5, 5.41) is 23.6. The molecule has 0 aromatic rings. The Labute approximate surface area is 74.0 Å². The molecule has 6 nitrogen and oxygen atoms in total. The summed E-state index contributed by atoms with van der Waals surface area (Å²) in [5.41, 5.74) is 0. The normalized spacial score (nSPS) is 6.20. The summed E-state index contributed by atoms with van der Waals surface area (Å²) < 4.78 is 0. The van der Waals surface area contributed by atoms with Crippen LogP contribution in [0, 0.1) is 15.3 Å². The van der Waals surface area contributed by atoms with Crippen molar-refractivity contribution in [2.75, 3.05) is 0 Å². The van der Waals surface area contributed by atoms with Crippen molar-refractivity contribution in [1.82, 2.24) is 0 Å². The third-order valence-corrected chi connectivity index (χ3v) is 0.376. The van der Waals surface area contributed by atoms with E-state index in [0.29, 0.717) is 0 Å². The van der Waals surface area contributed by atoms with Gasteiger partial charge in [-0.15, -0.1) is 0 Å². The Balaban J connectivity index is -0.0000000910. The SMILES string of the molecule is O=C([O-])[CH2][Ni].O=[N+]([O-])[O-].[Ni+2]. The van der Waals surface area contributed by atoms with E-state index in [1.807, 2.05) is 0 Å². The molecule has 0 aliphatic rings. The first-order valence-corrected chi connectivity index (χ1v) is 2.23. The van der Waals surface area contributed by atoms with Gasteiger partial charge in [0.1, 0.15) is 0 Å². The molecule has 0 N–H and O–H groups in total. The van der Waals surface area contributed by atoms with Gasteiger partial charge in [0.25, 0.3) is 0 Å².